The number of halogens is 2. The van der Waals surface area contributed by atoms with E-state index < -0.39 is 35.1 Å². The van der Waals surface area contributed by atoms with Crippen LogP contribution in [0.15, 0.2) is 18.2 Å². The van der Waals surface area contributed by atoms with Gasteiger partial charge in [0.25, 0.3) is 11.8 Å². The Morgan fingerprint density at radius 1 is 1.32 bits per heavy atom. The molecule has 1 fully saturated rings. The lowest BCUT2D eigenvalue weighted by atomic mass is 9.84. The summed E-state index contributed by atoms with van der Waals surface area (Å²) in [6, 6.07) is 1.63. The molecule has 2 rings (SSSR count). The Kier molecular flexibility index (Phi) is 6.45. The molecule has 1 aromatic rings. The van der Waals surface area contributed by atoms with Crippen LogP contribution >= 0.6 is 0 Å². The standard InChI is InChI=1S/C18H21F2N3O2/c1-23(11-21)18(25)16(9-12-5-3-2-4-6-12)22-17(24)14-10-13(19)7-8-15(14)20/h7-8,10,12,16H,2-6,9H2,1H3,(H,22,24). The van der Waals surface area contributed by atoms with Crippen LogP contribution in [0.25, 0.3) is 0 Å². The molecule has 1 atom stereocenters. The Morgan fingerprint density at radius 2 is 2.00 bits per heavy atom. The number of amides is 2. The quantitative estimate of drug-likeness (QED) is 0.656. The number of nitrogens with one attached hydrogen (secondary N) is 1. The zero-order chi connectivity index (χ0) is 18.4. The number of hydrogen-bond acceptors (Lipinski definition) is 3. The van der Waals surface area contributed by atoms with Gasteiger partial charge in [0.2, 0.25) is 0 Å². The number of hydrogen-bond donors (Lipinski definition) is 1. The maximum absolute atomic E-state index is 13.8. The third-order valence-electron chi connectivity index (χ3n) is 4.55. The van der Waals surface area contributed by atoms with Gasteiger partial charge in [-0.1, -0.05) is 32.1 Å². The molecule has 2 amide bonds. The van der Waals surface area contributed by atoms with Crippen molar-refractivity contribution in [1.29, 1.82) is 5.26 Å². The molecule has 1 aromatic carbocycles. The molecular formula is C18H21F2N3O2. The van der Waals surface area contributed by atoms with Gasteiger partial charge in [-0.15, -0.1) is 0 Å². The van der Waals surface area contributed by atoms with Gasteiger partial charge in [-0.2, -0.15) is 5.26 Å². The highest BCUT2D eigenvalue weighted by molar-refractivity contribution is 5.97. The summed E-state index contributed by atoms with van der Waals surface area (Å²) < 4.78 is 27.1. The Balaban J connectivity index is 2.16. The van der Waals surface area contributed by atoms with Gasteiger partial charge in [0, 0.05) is 7.05 Å². The van der Waals surface area contributed by atoms with Crippen LogP contribution in [0.4, 0.5) is 8.78 Å². The summed E-state index contributed by atoms with van der Waals surface area (Å²) in [7, 11) is 1.31. The van der Waals surface area contributed by atoms with Gasteiger partial charge in [-0.05, 0) is 30.5 Å². The lowest BCUT2D eigenvalue weighted by molar-refractivity contribution is -0.129. The summed E-state index contributed by atoms with van der Waals surface area (Å²) in [5.74, 6) is -2.77. The van der Waals surface area contributed by atoms with Crippen molar-refractivity contribution in [3.05, 3.63) is 35.4 Å². The first-order chi connectivity index (χ1) is 11.9. The van der Waals surface area contributed by atoms with Gasteiger partial charge >= 0.3 is 0 Å². The van der Waals surface area contributed by atoms with Crippen LogP contribution < -0.4 is 5.32 Å². The average Bonchev–Trinajstić information content (AvgIpc) is 2.62. The normalized spacial score (nSPS) is 15.9. The highest BCUT2D eigenvalue weighted by Crippen LogP contribution is 2.27. The predicted octanol–water partition coefficient (Wildman–Crippen LogP) is 2.97. The Hall–Kier alpha value is -2.49. The van der Waals surface area contributed by atoms with Crippen molar-refractivity contribution in [2.24, 2.45) is 5.92 Å². The Labute approximate surface area is 145 Å². The topological polar surface area (TPSA) is 73.2 Å². The van der Waals surface area contributed by atoms with Crippen LogP contribution in [0, 0.1) is 29.0 Å². The van der Waals surface area contributed by atoms with E-state index in [0.29, 0.717) is 6.42 Å². The fourth-order valence-corrected chi connectivity index (χ4v) is 3.17. The first-order valence-corrected chi connectivity index (χ1v) is 8.35. The van der Waals surface area contributed by atoms with E-state index in [1.165, 1.54) is 7.05 Å². The van der Waals surface area contributed by atoms with Crippen LogP contribution in [0.1, 0.15) is 48.9 Å². The summed E-state index contributed by atoms with van der Waals surface area (Å²) >= 11 is 0. The van der Waals surface area contributed by atoms with Crippen LogP contribution in [0.5, 0.6) is 0 Å². The van der Waals surface area contributed by atoms with Crippen molar-refractivity contribution >= 4 is 11.8 Å². The van der Waals surface area contributed by atoms with E-state index in [1.54, 1.807) is 6.19 Å². The largest absolute Gasteiger partial charge is 0.340 e. The van der Waals surface area contributed by atoms with Crippen molar-refractivity contribution in [3.63, 3.8) is 0 Å². The number of carbonyl (C=O) groups excluding carboxylic acids is 2. The number of likely N-dealkylation sites (N-methyl/N-ethyl adjacent to an activating group) is 1. The molecule has 1 N–H and O–H groups in total. The molecule has 0 aromatic heterocycles. The second-order valence-corrected chi connectivity index (χ2v) is 6.39. The fourth-order valence-electron chi connectivity index (χ4n) is 3.17. The van der Waals surface area contributed by atoms with Crippen molar-refractivity contribution in [2.75, 3.05) is 7.05 Å². The van der Waals surface area contributed by atoms with Crippen molar-refractivity contribution in [3.8, 4) is 6.19 Å². The minimum absolute atomic E-state index is 0.257. The Morgan fingerprint density at radius 3 is 2.64 bits per heavy atom. The molecule has 0 aliphatic heterocycles. The third-order valence-corrected chi connectivity index (χ3v) is 4.55. The fraction of sp³-hybridized carbons (Fsp3) is 0.500. The van der Waals surface area contributed by atoms with Crippen molar-refractivity contribution in [1.82, 2.24) is 10.2 Å². The summed E-state index contributed by atoms with van der Waals surface area (Å²) in [4.78, 5) is 25.5. The summed E-state index contributed by atoms with van der Waals surface area (Å²) in [6.07, 6.45) is 7.26. The van der Waals surface area contributed by atoms with Crippen LogP contribution in [-0.4, -0.2) is 29.8 Å². The smallest absolute Gasteiger partial charge is 0.257 e. The number of nitriles is 1. The zero-order valence-electron chi connectivity index (χ0n) is 14.1. The minimum atomic E-state index is -0.942. The summed E-state index contributed by atoms with van der Waals surface area (Å²) in [6.45, 7) is 0. The molecule has 0 radical (unpaired) electrons. The maximum atomic E-state index is 13.8. The molecule has 0 heterocycles. The molecule has 7 heteroatoms. The summed E-state index contributed by atoms with van der Waals surface area (Å²) in [5.41, 5.74) is -0.457. The van der Waals surface area contributed by atoms with E-state index in [9.17, 15) is 18.4 Å². The van der Waals surface area contributed by atoms with Gasteiger partial charge in [-0.3, -0.25) is 14.5 Å². The van der Waals surface area contributed by atoms with Gasteiger partial charge in [0.1, 0.15) is 17.7 Å². The van der Waals surface area contributed by atoms with E-state index in [-0.39, 0.29) is 5.92 Å². The molecule has 1 aliphatic rings. The molecular weight excluding hydrogens is 328 g/mol. The first-order valence-electron chi connectivity index (χ1n) is 8.35. The van der Waals surface area contributed by atoms with E-state index >= 15 is 0 Å². The maximum Gasteiger partial charge on any atom is 0.257 e. The third kappa shape index (κ3) is 4.99. The second kappa shape index (κ2) is 8.56. The van der Waals surface area contributed by atoms with Crippen molar-refractivity contribution < 1.29 is 18.4 Å². The number of benzene rings is 1. The SMILES string of the molecule is CN(C#N)C(=O)C(CC1CCCCC1)NC(=O)c1cc(F)ccc1F. The molecule has 1 unspecified atom stereocenters. The average molecular weight is 349 g/mol. The van der Waals surface area contributed by atoms with Crippen molar-refractivity contribution in [2.45, 2.75) is 44.6 Å². The number of rotatable bonds is 5. The van der Waals surface area contributed by atoms with Crippen LogP contribution in [0.2, 0.25) is 0 Å². The van der Waals surface area contributed by atoms with E-state index in [0.717, 1.165) is 55.2 Å². The monoisotopic (exact) mass is 349 g/mol. The number of nitrogens with zero attached hydrogens (tertiary/aromatic N) is 2. The van der Waals surface area contributed by atoms with Gasteiger partial charge < -0.3 is 5.32 Å². The van der Waals surface area contributed by atoms with E-state index in [1.807, 2.05) is 0 Å². The highest BCUT2D eigenvalue weighted by atomic mass is 19.1. The van der Waals surface area contributed by atoms with E-state index in [2.05, 4.69) is 5.32 Å². The number of carbonyl (C=O) groups is 2. The van der Waals surface area contributed by atoms with Gasteiger partial charge in [-0.25, -0.2) is 8.78 Å². The first kappa shape index (κ1) is 18.8. The Bertz CT molecular complexity index is 681. The lowest BCUT2D eigenvalue weighted by Gasteiger charge is -2.27. The molecule has 1 aliphatic carbocycles. The molecule has 0 bridgehead atoms. The predicted molar refractivity (Wildman–Crippen MR) is 87.2 cm³/mol. The van der Waals surface area contributed by atoms with Crippen LogP contribution in [0.3, 0.4) is 0 Å². The van der Waals surface area contributed by atoms with Gasteiger partial charge in [0.15, 0.2) is 6.19 Å². The zero-order valence-corrected chi connectivity index (χ0v) is 14.1. The van der Waals surface area contributed by atoms with Crippen LogP contribution in [-0.2, 0) is 4.79 Å². The molecule has 5 nitrogen and oxygen atoms in total. The summed E-state index contributed by atoms with van der Waals surface area (Å²) in [5, 5.41) is 11.4. The lowest BCUT2D eigenvalue weighted by Crippen LogP contribution is -2.47. The molecule has 0 saturated heterocycles. The highest BCUT2D eigenvalue weighted by Gasteiger charge is 2.29. The second-order valence-electron chi connectivity index (χ2n) is 6.39. The van der Waals surface area contributed by atoms with E-state index in [4.69, 9.17) is 5.26 Å². The molecule has 0 spiro atoms. The molecule has 134 valence electrons. The molecule has 1 saturated carbocycles. The minimum Gasteiger partial charge on any atom is -0.340 e. The molecule has 25 heavy (non-hydrogen) atoms. The van der Waals surface area contributed by atoms with Gasteiger partial charge in [0.05, 0.1) is 5.56 Å².